The Balaban J connectivity index is 1.58. The second-order valence-corrected chi connectivity index (χ2v) is 7.12. The molecular weight excluding hydrogens is 340 g/mol. The van der Waals surface area contributed by atoms with Crippen molar-refractivity contribution >= 4 is 11.8 Å². The summed E-state index contributed by atoms with van der Waals surface area (Å²) < 4.78 is 0. The molecule has 3 rings (SSSR count). The molecule has 0 spiro atoms. The molecule has 1 fully saturated rings. The minimum atomic E-state index is 0.0676. The summed E-state index contributed by atoms with van der Waals surface area (Å²) in [6.07, 6.45) is 7.05. The summed E-state index contributed by atoms with van der Waals surface area (Å²) >= 11 is 0. The van der Waals surface area contributed by atoms with Gasteiger partial charge >= 0.3 is 0 Å². The van der Waals surface area contributed by atoms with E-state index in [0.717, 1.165) is 30.4 Å². The number of aryl methyl sites for hydroxylation is 1. The minimum Gasteiger partial charge on any atom is -0.340 e. The zero-order valence-corrected chi connectivity index (χ0v) is 15.9. The van der Waals surface area contributed by atoms with Gasteiger partial charge in [-0.05, 0) is 30.4 Å². The van der Waals surface area contributed by atoms with E-state index in [-0.39, 0.29) is 17.9 Å². The van der Waals surface area contributed by atoms with Crippen LogP contribution in [0.3, 0.4) is 0 Å². The van der Waals surface area contributed by atoms with Gasteiger partial charge in [0.1, 0.15) is 0 Å². The molecule has 2 aromatic rings. The Morgan fingerprint density at radius 2 is 2.07 bits per heavy atom. The van der Waals surface area contributed by atoms with Crippen LogP contribution in [0.2, 0.25) is 0 Å². The van der Waals surface area contributed by atoms with Gasteiger partial charge in [0, 0.05) is 44.7 Å². The molecule has 1 N–H and O–H groups in total. The molecule has 1 aliphatic heterocycles. The first-order valence-corrected chi connectivity index (χ1v) is 9.76. The number of carbonyl (C=O) groups is 2. The number of benzene rings is 1. The first kappa shape index (κ1) is 19.1. The number of amides is 2. The molecule has 1 saturated heterocycles. The molecule has 1 aliphatic rings. The Hall–Kier alpha value is -2.63. The highest BCUT2D eigenvalue weighted by molar-refractivity contribution is 5.80. The predicted molar refractivity (Wildman–Crippen MR) is 104 cm³/mol. The van der Waals surface area contributed by atoms with Crippen LogP contribution in [-0.4, -0.2) is 50.9 Å². The number of hydrogen-bond acceptors (Lipinski definition) is 3. The van der Waals surface area contributed by atoms with E-state index in [0.29, 0.717) is 32.5 Å². The summed E-state index contributed by atoms with van der Waals surface area (Å²) in [5.41, 5.74) is 2.25. The topological polar surface area (TPSA) is 69.3 Å². The maximum Gasteiger partial charge on any atom is 0.224 e. The Bertz CT molecular complexity index is 730. The maximum absolute atomic E-state index is 12.7. The molecule has 6 heteroatoms. The molecular formula is C21H28N4O2. The van der Waals surface area contributed by atoms with Gasteiger partial charge in [-0.25, -0.2) is 0 Å². The van der Waals surface area contributed by atoms with E-state index in [1.165, 1.54) is 0 Å². The van der Waals surface area contributed by atoms with E-state index in [2.05, 4.69) is 17.1 Å². The summed E-state index contributed by atoms with van der Waals surface area (Å²) in [6, 6.07) is 10.1. The van der Waals surface area contributed by atoms with Gasteiger partial charge in [0.2, 0.25) is 11.8 Å². The molecule has 144 valence electrons. The zero-order valence-electron chi connectivity index (χ0n) is 15.9. The van der Waals surface area contributed by atoms with E-state index in [9.17, 15) is 9.59 Å². The highest BCUT2D eigenvalue weighted by Crippen LogP contribution is 2.19. The Morgan fingerprint density at radius 3 is 2.78 bits per heavy atom. The van der Waals surface area contributed by atoms with Crippen molar-refractivity contribution in [3.05, 3.63) is 53.9 Å². The summed E-state index contributed by atoms with van der Waals surface area (Å²) in [5.74, 6) is 0.283. The monoisotopic (exact) mass is 368 g/mol. The lowest BCUT2D eigenvalue weighted by Crippen LogP contribution is -2.43. The fourth-order valence-corrected chi connectivity index (χ4v) is 3.61. The van der Waals surface area contributed by atoms with Crippen LogP contribution in [0.1, 0.15) is 43.7 Å². The normalized spacial score (nSPS) is 17.8. The summed E-state index contributed by atoms with van der Waals surface area (Å²) in [4.78, 5) is 29.2. The first-order valence-electron chi connectivity index (χ1n) is 9.76. The van der Waals surface area contributed by atoms with Gasteiger partial charge < -0.3 is 9.80 Å². The standard InChI is InChI=1S/C21H28N4O2/c1-2-19-16-24(20(26)10-6-9-18-13-22-23-14-18)12-11-21(27)25(19)15-17-7-4-3-5-8-17/h3-5,7-8,13-14,19H,2,6,9-12,15-16H2,1H3,(H,22,23). The summed E-state index contributed by atoms with van der Waals surface area (Å²) in [5, 5.41) is 6.73. The quantitative estimate of drug-likeness (QED) is 0.817. The van der Waals surface area contributed by atoms with Gasteiger partial charge in [-0.1, -0.05) is 37.3 Å². The molecule has 2 heterocycles. The number of carbonyl (C=O) groups excluding carboxylic acids is 2. The van der Waals surface area contributed by atoms with Crippen molar-refractivity contribution in [3.63, 3.8) is 0 Å². The molecule has 0 radical (unpaired) electrons. The van der Waals surface area contributed by atoms with Crippen LogP contribution in [0.4, 0.5) is 0 Å². The lowest BCUT2D eigenvalue weighted by molar-refractivity contribution is -0.133. The van der Waals surface area contributed by atoms with Crippen LogP contribution in [0.5, 0.6) is 0 Å². The van der Waals surface area contributed by atoms with Crippen LogP contribution >= 0.6 is 0 Å². The Morgan fingerprint density at radius 1 is 1.26 bits per heavy atom. The van der Waals surface area contributed by atoms with Gasteiger partial charge in [0.05, 0.1) is 6.20 Å². The largest absolute Gasteiger partial charge is 0.340 e. The van der Waals surface area contributed by atoms with E-state index in [1.54, 1.807) is 6.20 Å². The predicted octanol–water partition coefficient (Wildman–Crippen LogP) is 2.77. The van der Waals surface area contributed by atoms with Crippen molar-refractivity contribution < 1.29 is 9.59 Å². The van der Waals surface area contributed by atoms with Gasteiger partial charge in [-0.3, -0.25) is 14.7 Å². The van der Waals surface area contributed by atoms with Crippen LogP contribution in [-0.2, 0) is 22.6 Å². The average molecular weight is 368 g/mol. The van der Waals surface area contributed by atoms with Gasteiger partial charge in [0.15, 0.2) is 0 Å². The highest BCUT2D eigenvalue weighted by Gasteiger charge is 2.30. The number of aromatic nitrogens is 2. The molecule has 0 saturated carbocycles. The minimum absolute atomic E-state index is 0.0676. The molecule has 0 bridgehead atoms. The Labute approximate surface area is 160 Å². The van der Waals surface area contributed by atoms with Crippen LogP contribution in [0, 0.1) is 0 Å². The lowest BCUT2D eigenvalue weighted by atomic mass is 10.1. The number of H-pyrrole nitrogens is 1. The molecule has 0 aliphatic carbocycles. The van der Waals surface area contributed by atoms with E-state index in [4.69, 9.17) is 0 Å². The number of nitrogens with zero attached hydrogens (tertiary/aromatic N) is 3. The third-order valence-corrected chi connectivity index (χ3v) is 5.22. The number of aromatic amines is 1. The third-order valence-electron chi connectivity index (χ3n) is 5.22. The van der Waals surface area contributed by atoms with Gasteiger partial charge in [0.25, 0.3) is 0 Å². The molecule has 1 aromatic heterocycles. The fraction of sp³-hybridized carbons (Fsp3) is 0.476. The second-order valence-electron chi connectivity index (χ2n) is 7.12. The fourth-order valence-electron chi connectivity index (χ4n) is 3.61. The van der Waals surface area contributed by atoms with E-state index >= 15 is 0 Å². The highest BCUT2D eigenvalue weighted by atomic mass is 16.2. The maximum atomic E-state index is 12.7. The number of rotatable bonds is 7. The zero-order chi connectivity index (χ0) is 19.1. The number of hydrogen-bond donors (Lipinski definition) is 1. The molecule has 1 unspecified atom stereocenters. The van der Waals surface area contributed by atoms with Crippen LogP contribution in [0.25, 0.3) is 0 Å². The van der Waals surface area contributed by atoms with Crippen LogP contribution < -0.4 is 0 Å². The molecule has 1 aromatic carbocycles. The average Bonchev–Trinajstić information content (AvgIpc) is 3.15. The van der Waals surface area contributed by atoms with Crippen molar-refractivity contribution in [1.29, 1.82) is 0 Å². The first-order chi connectivity index (χ1) is 13.2. The smallest absolute Gasteiger partial charge is 0.224 e. The third kappa shape index (κ3) is 5.18. The molecule has 27 heavy (non-hydrogen) atoms. The van der Waals surface area contributed by atoms with Gasteiger partial charge in [-0.15, -0.1) is 0 Å². The summed E-state index contributed by atoms with van der Waals surface area (Å²) in [6.45, 7) is 3.84. The molecule has 6 nitrogen and oxygen atoms in total. The van der Waals surface area contributed by atoms with Crippen molar-refractivity contribution in [1.82, 2.24) is 20.0 Å². The lowest BCUT2D eigenvalue weighted by Gasteiger charge is -2.31. The molecule has 2 amide bonds. The SMILES string of the molecule is CCC1CN(C(=O)CCCc2cn[nH]c2)CCC(=O)N1Cc1ccccc1. The Kier molecular flexibility index (Phi) is 6.63. The van der Waals surface area contributed by atoms with Crippen molar-refractivity contribution in [2.75, 3.05) is 13.1 Å². The van der Waals surface area contributed by atoms with Gasteiger partial charge in [-0.2, -0.15) is 5.10 Å². The van der Waals surface area contributed by atoms with Crippen molar-refractivity contribution in [2.45, 2.75) is 51.6 Å². The van der Waals surface area contributed by atoms with Crippen molar-refractivity contribution in [3.8, 4) is 0 Å². The summed E-state index contributed by atoms with van der Waals surface area (Å²) in [7, 11) is 0. The van der Waals surface area contributed by atoms with E-state index < -0.39 is 0 Å². The van der Waals surface area contributed by atoms with Crippen molar-refractivity contribution in [2.24, 2.45) is 0 Å². The number of nitrogens with one attached hydrogen (secondary N) is 1. The van der Waals surface area contributed by atoms with E-state index in [1.807, 2.05) is 46.3 Å². The second kappa shape index (κ2) is 9.35. The van der Waals surface area contributed by atoms with Crippen LogP contribution in [0.15, 0.2) is 42.7 Å². The molecule has 1 atom stereocenters.